The number of aryl methyl sites for hydroxylation is 3. The Balaban J connectivity index is 1.77. The largest absolute Gasteiger partial charge is 0.468 e. The van der Waals surface area contributed by atoms with Gasteiger partial charge in [0.2, 0.25) is 5.91 Å². The van der Waals surface area contributed by atoms with Crippen LogP contribution < -0.4 is 0 Å². The molecule has 1 amide bonds. The van der Waals surface area contributed by atoms with Crippen molar-refractivity contribution in [2.75, 3.05) is 13.7 Å². The van der Waals surface area contributed by atoms with Crippen molar-refractivity contribution in [3.05, 3.63) is 63.6 Å². The molecule has 0 fully saturated rings. The molecule has 7 nitrogen and oxygen atoms in total. The normalized spacial score (nSPS) is 11.0. The zero-order valence-corrected chi connectivity index (χ0v) is 18.4. The summed E-state index contributed by atoms with van der Waals surface area (Å²) in [4.78, 5) is 30.9. The third-order valence-corrected chi connectivity index (χ3v) is 5.31. The van der Waals surface area contributed by atoms with Crippen LogP contribution in [0.1, 0.15) is 34.6 Å². The molecule has 0 saturated carbocycles. The Morgan fingerprint density at radius 1 is 1.17 bits per heavy atom. The predicted octanol–water partition coefficient (Wildman–Crippen LogP) is 3.44. The summed E-state index contributed by atoms with van der Waals surface area (Å²) in [6, 6.07) is 9.13. The summed E-state index contributed by atoms with van der Waals surface area (Å²) < 4.78 is 6.57. The molecule has 158 valence electrons. The molecule has 8 heteroatoms. The summed E-state index contributed by atoms with van der Waals surface area (Å²) in [5.74, 6) is -0.592. The smallest absolute Gasteiger partial charge is 0.325 e. The van der Waals surface area contributed by atoms with Crippen LogP contribution in [0, 0.1) is 20.8 Å². The Morgan fingerprint density at radius 3 is 2.53 bits per heavy atom. The molecule has 3 rings (SSSR count). The SMILES string of the molecule is COC(=O)CN(Cc1ccc(Cl)cc1)C(=O)CCc1c(C)nc2cc(C)nn2c1C. The van der Waals surface area contributed by atoms with Crippen molar-refractivity contribution >= 4 is 29.1 Å². The summed E-state index contributed by atoms with van der Waals surface area (Å²) >= 11 is 5.94. The number of fused-ring (bicyclic) bond motifs is 1. The zero-order valence-electron chi connectivity index (χ0n) is 17.6. The number of esters is 1. The fourth-order valence-electron chi connectivity index (χ4n) is 3.46. The first-order valence-corrected chi connectivity index (χ1v) is 10.1. The number of benzene rings is 1. The zero-order chi connectivity index (χ0) is 21.8. The van der Waals surface area contributed by atoms with Crippen molar-refractivity contribution in [2.24, 2.45) is 0 Å². The Bertz CT molecular complexity index is 1080. The molecule has 0 atom stereocenters. The summed E-state index contributed by atoms with van der Waals surface area (Å²) in [6.45, 7) is 6.04. The molecule has 30 heavy (non-hydrogen) atoms. The van der Waals surface area contributed by atoms with E-state index in [1.807, 2.05) is 43.5 Å². The molecule has 0 aliphatic rings. The molecule has 1 aromatic carbocycles. The molecule has 3 aromatic rings. The first kappa shape index (κ1) is 21.8. The van der Waals surface area contributed by atoms with Gasteiger partial charge in [-0.25, -0.2) is 9.50 Å². The summed E-state index contributed by atoms with van der Waals surface area (Å²) in [5, 5.41) is 5.09. The number of hydrogen-bond acceptors (Lipinski definition) is 5. The summed E-state index contributed by atoms with van der Waals surface area (Å²) in [7, 11) is 1.31. The minimum absolute atomic E-state index is 0.106. The molecule has 0 aliphatic carbocycles. The second kappa shape index (κ2) is 9.26. The number of amides is 1. The Morgan fingerprint density at radius 2 is 1.87 bits per heavy atom. The van der Waals surface area contributed by atoms with Crippen LogP contribution in [0.3, 0.4) is 0 Å². The topological polar surface area (TPSA) is 76.8 Å². The van der Waals surface area contributed by atoms with Gasteiger partial charge in [-0.2, -0.15) is 5.10 Å². The second-order valence-electron chi connectivity index (χ2n) is 7.27. The first-order chi connectivity index (χ1) is 14.3. The number of aromatic nitrogens is 3. The summed E-state index contributed by atoms with van der Waals surface area (Å²) in [6.07, 6.45) is 0.760. The number of methoxy groups -OCH3 is 1. The quantitative estimate of drug-likeness (QED) is 0.539. The van der Waals surface area contributed by atoms with Gasteiger partial charge < -0.3 is 9.64 Å². The van der Waals surface area contributed by atoms with E-state index in [1.165, 1.54) is 12.0 Å². The lowest BCUT2D eigenvalue weighted by Crippen LogP contribution is -2.36. The van der Waals surface area contributed by atoms with Gasteiger partial charge >= 0.3 is 5.97 Å². The highest BCUT2D eigenvalue weighted by Gasteiger charge is 2.20. The highest BCUT2D eigenvalue weighted by molar-refractivity contribution is 6.30. The van der Waals surface area contributed by atoms with E-state index < -0.39 is 5.97 Å². The van der Waals surface area contributed by atoms with E-state index in [-0.39, 0.29) is 18.9 Å². The van der Waals surface area contributed by atoms with Gasteiger partial charge in [0.05, 0.1) is 12.8 Å². The predicted molar refractivity (Wildman–Crippen MR) is 114 cm³/mol. The van der Waals surface area contributed by atoms with Crippen molar-refractivity contribution in [2.45, 2.75) is 40.2 Å². The van der Waals surface area contributed by atoms with E-state index in [0.29, 0.717) is 18.0 Å². The maximum Gasteiger partial charge on any atom is 0.325 e. The molecule has 2 heterocycles. The molecule has 0 radical (unpaired) electrons. The Hall–Kier alpha value is -2.93. The maximum absolute atomic E-state index is 13.0. The van der Waals surface area contributed by atoms with E-state index in [1.54, 1.807) is 12.1 Å². The maximum atomic E-state index is 13.0. The van der Waals surface area contributed by atoms with Gasteiger partial charge in [0.1, 0.15) is 6.54 Å². The van der Waals surface area contributed by atoms with Gasteiger partial charge in [0, 0.05) is 35.4 Å². The average Bonchev–Trinajstić information content (AvgIpc) is 3.08. The van der Waals surface area contributed by atoms with Gasteiger partial charge in [-0.05, 0) is 50.5 Å². The highest BCUT2D eigenvalue weighted by Crippen LogP contribution is 2.18. The minimum Gasteiger partial charge on any atom is -0.468 e. The fraction of sp³-hybridized carbons (Fsp3) is 0.364. The monoisotopic (exact) mass is 428 g/mol. The minimum atomic E-state index is -0.459. The van der Waals surface area contributed by atoms with Crippen LogP contribution in [0.5, 0.6) is 0 Å². The summed E-state index contributed by atoms with van der Waals surface area (Å²) in [5.41, 5.74) is 5.42. The van der Waals surface area contributed by atoms with Crippen molar-refractivity contribution < 1.29 is 14.3 Å². The van der Waals surface area contributed by atoms with Crippen LogP contribution in [0.15, 0.2) is 30.3 Å². The van der Waals surface area contributed by atoms with E-state index in [2.05, 4.69) is 10.1 Å². The van der Waals surface area contributed by atoms with Crippen LogP contribution in [-0.4, -0.2) is 45.0 Å². The van der Waals surface area contributed by atoms with Gasteiger partial charge in [0.15, 0.2) is 5.65 Å². The van der Waals surface area contributed by atoms with Crippen molar-refractivity contribution in [1.29, 1.82) is 0 Å². The number of hydrogen-bond donors (Lipinski definition) is 0. The van der Waals surface area contributed by atoms with Gasteiger partial charge in [0.25, 0.3) is 0 Å². The third kappa shape index (κ3) is 4.97. The van der Waals surface area contributed by atoms with Crippen LogP contribution in [-0.2, 0) is 27.3 Å². The Kier molecular flexibility index (Phi) is 6.72. The van der Waals surface area contributed by atoms with Gasteiger partial charge in [-0.15, -0.1) is 0 Å². The highest BCUT2D eigenvalue weighted by atomic mass is 35.5. The lowest BCUT2D eigenvalue weighted by molar-refractivity contribution is -0.147. The molecule has 2 aromatic heterocycles. The van der Waals surface area contributed by atoms with Crippen molar-refractivity contribution in [3.63, 3.8) is 0 Å². The fourth-order valence-corrected chi connectivity index (χ4v) is 3.58. The van der Waals surface area contributed by atoms with Crippen molar-refractivity contribution in [3.8, 4) is 0 Å². The number of ether oxygens (including phenoxy) is 1. The average molecular weight is 429 g/mol. The molecule has 0 spiro atoms. The van der Waals surface area contributed by atoms with Crippen molar-refractivity contribution in [1.82, 2.24) is 19.5 Å². The molecular formula is C22H25ClN4O3. The number of carbonyl (C=O) groups excluding carboxylic acids is 2. The molecule has 0 bridgehead atoms. The second-order valence-corrected chi connectivity index (χ2v) is 7.71. The Labute approximate surface area is 180 Å². The van der Waals surface area contributed by atoms with E-state index >= 15 is 0 Å². The first-order valence-electron chi connectivity index (χ1n) is 9.70. The lowest BCUT2D eigenvalue weighted by Gasteiger charge is -2.22. The standard InChI is InChI=1S/C22H25ClN4O3/c1-14-11-20-24-15(2)19(16(3)27(20)25-14)9-10-21(28)26(13-22(29)30-4)12-17-5-7-18(23)8-6-17/h5-8,11H,9-10,12-13H2,1-4H3. The molecule has 0 unspecified atom stereocenters. The number of halogens is 1. The van der Waals surface area contributed by atoms with Crippen LogP contribution in [0.2, 0.25) is 5.02 Å². The van der Waals surface area contributed by atoms with E-state index in [9.17, 15) is 9.59 Å². The third-order valence-electron chi connectivity index (χ3n) is 5.06. The van der Waals surface area contributed by atoms with Gasteiger partial charge in [-0.1, -0.05) is 23.7 Å². The van der Waals surface area contributed by atoms with E-state index in [0.717, 1.165) is 33.9 Å². The number of carbonyl (C=O) groups is 2. The molecular weight excluding hydrogens is 404 g/mol. The van der Waals surface area contributed by atoms with Crippen LogP contribution in [0.4, 0.5) is 0 Å². The number of nitrogens with zero attached hydrogens (tertiary/aromatic N) is 4. The van der Waals surface area contributed by atoms with Gasteiger partial charge in [-0.3, -0.25) is 9.59 Å². The lowest BCUT2D eigenvalue weighted by atomic mass is 10.1. The van der Waals surface area contributed by atoms with Crippen LogP contribution in [0.25, 0.3) is 5.65 Å². The molecule has 0 aliphatic heterocycles. The molecule has 0 saturated heterocycles. The van der Waals surface area contributed by atoms with E-state index in [4.69, 9.17) is 16.3 Å². The molecule has 0 N–H and O–H groups in total. The number of rotatable bonds is 7. The van der Waals surface area contributed by atoms with Crippen LogP contribution >= 0.6 is 11.6 Å².